The number of ether oxygens (including phenoxy) is 2. The van der Waals surface area contributed by atoms with Crippen LogP contribution >= 0.6 is 0 Å². The molecule has 172 valence electrons. The van der Waals surface area contributed by atoms with Crippen LogP contribution < -0.4 is 9.47 Å². The van der Waals surface area contributed by atoms with E-state index in [1.165, 1.54) is 12.8 Å². The van der Waals surface area contributed by atoms with Gasteiger partial charge in [-0.1, -0.05) is 31.1 Å². The number of allylic oxidation sites excluding steroid dienone is 1. The van der Waals surface area contributed by atoms with Crippen molar-refractivity contribution in [2.24, 2.45) is 5.92 Å². The molecular weight excluding hydrogens is 392 g/mol. The summed E-state index contributed by atoms with van der Waals surface area (Å²) in [6, 6.07) is 5.77. The predicted octanol–water partition coefficient (Wildman–Crippen LogP) is 3.58. The minimum Gasteiger partial charge on any atom is -0.493 e. The lowest BCUT2D eigenvalue weighted by molar-refractivity contribution is -0.137. The predicted molar refractivity (Wildman–Crippen MR) is 123 cm³/mol. The van der Waals surface area contributed by atoms with Crippen LogP contribution in [0, 0.1) is 5.92 Å². The van der Waals surface area contributed by atoms with Crippen molar-refractivity contribution < 1.29 is 19.4 Å². The van der Waals surface area contributed by atoms with Gasteiger partial charge in [-0.05, 0) is 63.4 Å². The fourth-order valence-electron chi connectivity index (χ4n) is 4.55. The summed E-state index contributed by atoms with van der Waals surface area (Å²) in [6.45, 7) is 6.30. The van der Waals surface area contributed by atoms with Gasteiger partial charge < -0.3 is 24.4 Å². The van der Waals surface area contributed by atoms with Gasteiger partial charge in [0.2, 0.25) is 5.91 Å². The molecule has 1 unspecified atom stereocenters. The highest BCUT2D eigenvalue weighted by molar-refractivity contribution is 5.79. The van der Waals surface area contributed by atoms with Gasteiger partial charge in [0.1, 0.15) is 12.7 Å². The Morgan fingerprint density at radius 3 is 2.48 bits per heavy atom. The maximum Gasteiger partial charge on any atom is 0.225 e. The number of β-amino-alcohol motifs (C(OH)–C–C–N with tert-alkyl or cyclic N) is 1. The first-order valence-corrected chi connectivity index (χ1v) is 11.7. The summed E-state index contributed by atoms with van der Waals surface area (Å²) in [4.78, 5) is 17.2. The van der Waals surface area contributed by atoms with Crippen LogP contribution in [-0.4, -0.2) is 73.4 Å². The van der Waals surface area contributed by atoms with Crippen LogP contribution in [0.1, 0.15) is 51.0 Å². The SMILES string of the molecule is C/C=C/c1ccc(OCC(O)CN2CCC(C(=O)N3CCCCCC3)CC2)c(OC)c1. The van der Waals surface area contributed by atoms with E-state index < -0.39 is 6.10 Å². The molecule has 2 aliphatic rings. The van der Waals surface area contributed by atoms with Crippen molar-refractivity contribution in [2.75, 3.05) is 46.4 Å². The van der Waals surface area contributed by atoms with Gasteiger partial charge in [0, 0.05) is 25.6 Å². The van der Waals surface area contributed by atoms with Gasteiger partial charge in [-0.15, -0.1) is 0 Å². The molecule has 0 aliphatic carbocycles. The second kappa shape index (κ2) is 12.1. The number of likely N-dealkylation sites (tertiary alicyclic amines) is 2. The van der Waals surface area contributed by atoms with Crippen molar-refractivity contribution >= 4 is 12.0 Å². The molecule has 6 heteroatoms. The smallest absolute Gasteiger partial charge is 0.225 e. The first-order chi connectivity index (χ1) is 15.1. The Kier molecular flexibility index (Phi) is 9.22. The number of amides is 1. The van der Waals surface area contributed by atoms with E-state index in [0.717, 1.165) is 57.4 Å². The zero-order valence-electron chi connectivity index (χ0n) is 19.1. The summed E-state index contributed by atoms with van der Waals surface area (Å²) in [5.41, 5.74) is 1.05. The zero-order chi connectivity index (χ0) is 22.1. The first-order valence-electron chi connectivity index (χ1n) is 11.7. The molecule has 1 N–H and O–H groups in total. The number of piperidine rings is 1. The summed E-state index contributed by atoms with van der Waals surface area (Å²) in [7, 11) is 1.62. The molecule has 2 heterocycles. The zero-order valence-corrected chi connectivity index (χ0v) is 19.1. The molecule has 1 aromatic rings. The number of carbonyl (C=O) groups is 1. The van der Waals surface area contributed by atoms with E-state index in [1.807, 2.05) is 37.3 Å². The molecule has 0 aromatic heterocycles. The van der Waals surface area contributed by atoms with Crippen LogP contribution in [0.3, 0.4) is 0 Å². The summed E-state index contributed by atoms with van der Waals surface area (Å²) in [5.74, 6) is 1.79. The Morgan fingerprint density at radius 1 is 1.13 bits per heavy atom. The van der Waals surface area contributed by atoms with Crippen LogP contribution in [0.15, 0.2) is 24.3 Å². The maximum atomic E-state index is 12.8. The number of benzene rings is 1. The maximum absolute atomic E-state index is 12.8. The third-order valence-electron chi connectivity index (χ3n) is 6.30. The van der Waals surface area contributed by atoms with Gasteiger partial charge in [0.05, 0.1) is 7.11 Å². The molecule has 0 radical (unpaired) electrons. The Bertz CT molecular complexity index is 720. The third kappa shape index (κ3) is 6.97. The van der Waals surface area contributed by atoms with Gasteiger partial charge in [-0.2, -0.15) is 0 Å². The standard InChI is InChI=1S/C25H38N2O4/c1-3-8-20-9-10-23(24(17-20)30-2)31-19-22(28)18-26-15-11-21(12-16-26)25(29)27-13-6-4-5-7-14-27/h3,8-10,17,21-22,28H,4-7,11-16,18-19H2,1-2H3/b8-3+. The Hall–Kier alpha value is -2.05. The largest absolute Gasteiger partial charge is 0.493 e. The van der Waals surface area contributed by atoms with Gasteiger partial charge >= 0.3 is 0 Å². The molecule has 2 saturated heterocycles. The monoisotopic (exact) mass is 430 g/mol. The molecule has 1 aromatic carbocycles. The second-order valence-electron chi connectivity index (χ2n) is 8.69. The number of aliphatic hydroxyl groups is 1. The van der Waals surface area contributed by atoms with Crippen LogP contribution in [-0.2, 0) is 4.79 Å². The first kappa shape index (κ1) is 23.6. The van der Waals surface area contributed by atoms with Crippen LogP contribution in [0.4, 0.5) is 0 Å². The van der Waals surface area contributed by atoms with Crippen LogP contribution in [0.5, 0.6) is 11.5 Å². The Morgan fingerprint density at radius 2 is 1.84 bits per heavy atom. The number of aliphatic hydroxyl groups excluding tert-OH is 1. The Balaban J connectivity index is 1.42. The highest BCUT2D eigenvalue weighted by Gasteiger charge is 2.29. The molecule has 6 nitrogen and oxygen atoms in total. The van der Waals surface area contributed by atoms with E-state index in [4.69, 9.17) is 9.47 Å². The number of rotatable bonds is 8. The van der Waals surface area contributed by atoms with Gasteiger partial charge in [0.25, 0.3) is 0 Å². The van der Waals surface area contributed by atoms with Crippen LogP contribution in [0.2, 0.25) is 0 Å². The molecule has 2 aliphatic heterocycles. The van der Waals surface area contributed by atoms with Crippen molar-refractivity contribution in [3.63, 3.8) is 0 Å². The summed E-state index contributed by atoms with van der Waals surface area (Å²) in [6.07, 6.45) is 9.91. The molecule has 31 heavy (non-hydrogen) atoms. The topological polar surface area (TPSA) is 62.2 Å². The van der Waals surface area contributed by atoms with Crippen molar-refractivity contribution in [2.45, 2.75) is 51.6 Å². The minimum atomic E-state index is -0.585. The number of carbonyl (C=O) groups excluding carboxylic acids is 1. The van der Waals surface area contributed by atoms with E-state index in [9.17, 15) is 9.90 Å². The van der Waals surface area contributed by atoms with Crippen molar-refractivity contribution in [1.29, 1.82) is 0 Å². The van der Waals surface area contributed by atoms with Gasteiger partial charge in [-0.3, -0.25) is 4.79 Å². The molecule has 3 rings (SSSR count). The summed E-state index contributed by atoms with van der Waals surface area (Å²) in [5, 5.41) is 10.5. The molecule has 1 atom stereocenters. The molecule has 1 amide bonds. The Labute approximate surface area is 186 Å². The molecule has 0 saturated carbocycles. The average Bonchev–Trinajstić information content (AvgIpc) is 3.08. The second-order valence-corrected chi connectivity index (χ2v) is 8.69. The quantitative estimate of drug-likeness (QED) is 0.683. The van der Waals surface area contributed by atoms with Crippen molar-refractivity contribution in [3.05, 3.63) is 29.8 Å². The van der Waals surface area contributed by atoms with E-state index >= 15 is 0 Å². The lowest BCUT2D eigenvalue weighted by Gasteiger charge is -2.34. The van der Waals surface area contributed by atoms with E-state index in [-0.39, 0.29) is 12.5 Å². The van der Waals surface area contributed by atoms with E-state index in [2.05, 4.69) is 9.80 Å². The van der Waals surface area contributed by atoms with Gasteiger partial charge in [-0.25, -0.2) is 0 Å². The van der Waals surface area contributed by atoms with Crippen molar-refractivity contribution in [1.82, 2.24) is 9.80 Å². The lowest BCUT2D eigenvalue weighted by atomic mass is 9.95. The third-order valence-corrected chi connectivity index (χ3v) is 6.30. The van der Waals surface area contributed by atoms with E-state index in [0.29, 0.717) is 24.0 Å². The van der Waals surface area contributed by atoms with Crippen molar-refractivity contribution in [3.8, 4) is 11.5 Å². The number of nitrogens with zero attached hydrogens (tertiary/aromatic N) is 2. The highest BCUT2D eigenvalue weighted by Crippen LogP contribution is 2.29. The molecular formula is C25H38N2O4. The average molecular weight is 431 g/mol. The number of methoxy groups -OCH3 is 1. The molecule has 2 fully saturated rings. The summed E-state index contributed by atoms with van der Waals surface area (Å²) < 4.78 is 11.2. The normalized spacial score (nSPS) is 19.9. The fourth-order valence-corrected chi connectivity index (χ4v) is 4.55. The van der Waals surface area contributed by atoms with Gasteiger partial charge in [0.15, 0.2) is 11.5 Å². The fraction of sp³-hybridized carbons (Fsp3) is 0.640. The highest BCUT2D eigenvalue weighted by atomic mass is 16.5. The lowest BCUT2D eigenvalue weighted by Crippen LogP contribution is -2.45. The van der Waals surface area contributed by atoms with Crippen LogP contribution in [0.25, 0.3) is 6.08 Å². The molecule has 0 spiro atoms. The summed E-state index contributed by atoms with van der Waals surface area (Å²) >= 11 is 0. The number of hydrogen-bond donors (Lipinski definition) is 1. The minimum absolute atomic E-state index is 0.141. The number of hydrogen-bond acceptors (Lipinski definition) is 5. The van der Waals surface area contributed by atoms with E-state index in [1.54, 1.807) is 7.11 Å². The molecule has 0 bridgehead atoms.